The molecule has 3 heterocycles. The number of piperidine rings is 1. The van der Waals surface area contributed by atoms with Crippen molar-refractivity contribution in [3.8, 4) is 0 Å². The van der Waals surface area contributed by atoms with Gasteiger partial charge in [0.15, 0.2) is 0 Å². The molecule has 2 aliphatic heterocycles. The van der Waals surface area contributed by atoms with Crippen LogP contribution in [-0.4, -0.2) is 58.8 Å². The number of aromatic nitrogens is 1. The predicted molar refractivity (Wildman–Crippen MR) is 118 cm³/mol. The predicted octanol–water partition coefficient (Wildman–Crippen LogP) is 1.22. The Labute approximate surface area is 186 Å². The number of rotatable bonds is 5. The molecule has 3 unspecified atom stereocenters. The van der Waals surface area contributed by atoms with Gasteiger partial charge in [-0.2, -0.15) is 0 Å². The summed E-state index contributed by atoms with van der Waals surface area (Å²) in [6, 6.07) is 2.97. The summed E-state index contributed by atoms with van der Waals surface area (Å²) >= 11 is 0. The van der Waals surface area contributed by atoms with Crippen LogP contribution in [-0.2, 0) is 14.4 Å². The number of amides is 5. The van der Waals surface area contributed by atoms with Crippen LogP contribution in [0.3, 0.4) is 0 Å². The number of anilines is 2. The summed E-state index contributed by atoms with van der Waals surface area (Å²) in [6.07, 6.45) is 6.57. The third-order valence-corrected chi connectivity index (χ3v) is 6.98. The molecule has 5 amide bonds. The molecule has 10 heteroatoms. The van der Waals surface area contributed by atoms with Crippen molar-refractivity contribution in [2.45, 2.75) is 51.0 Å². The first kappa shape index (κ1) is 22.0. The second-order valence-corrected chi connectivity index (χ2v) is 9.08. The van der Waals surface area contributed by atoms with E-state index in [1.165, 1.54) is 6.20 Å². The van der Waals surface area contributed by atoms with Crippen molar-refractivity contribution >= 4 is 35.3 Å². The SMILES string of the molecule is CC1CCCCC12NC(=O)N(CC(=O)Nc1ccc(N3CCCC(C(N)=O)C3)nc1)C2=O. The molecule has 0 aromatic carbocycles. The number of carbonyl (C=O) groups is 4. The number of primary amides is 1. The van der Waals surface area contributed by atoms with E-state index in [1.54, 1.807) is 12.1 Å². The third-order valence-electron chi connectivity index (χ3n) is 6.98. The lowest BCUT2D eigenvalue weighted by Gasteiger charge is -2.36. The van der Waals surface area contributed by atoms with Crippen molar-refractivity contribution in [1.29, 1.82) is 0 Å². The third kappa shape index (κ3) is 4.13. The van der Waals surface area contributed by atoms with Crippen molar-refractivity contribution in [3.63, 3.8) is 0 Å². The molecule has 2 saturated heterocycles. The maximum Gasteiger partial charge on any atom is 0.325 e. The van der Waals surface area contributed by atoms with Gasteiger partial charge in [0.1, 0.15) is 17.9 Å². The number of nitrogens with zero attached hydrogens (tertiary/aromatic N) is 3. The number of urea groups is 1. The first-order chi connectivity index (χ1) is 15.3. The smallest absolute Gasteiger partial charge is 0.325 e. The molecule has 0 radical (unpaired) electrons. The van der Waals surface area contributed by atoms with E-state index in [1.807, 2.05) is 11.8 Å². The van der Waals surface area contributed by atoms with E-state index in [2.05, 4.69) is 15.6 Å². The van der Waals surface area contributed by atoms with E-state index < -0.39 is 17.5 Å². The molecule has 1 aromatic heterocycles. The fraction of sp³-hybridized carbons (Fsp3) is 0.591. The zero-order valence-corrected chi connectivity index (χ0v) is 18.3. The number of hydrogen-bond acceptors (Lipinski definition) is 6. The first-order valence-corrected chi connectivity index (χ1v) is 11.2. The summed E-state index contributed by atoms with van der Waals surface area (Å²) in [6.45, 7) is 2.95. The van der Waals surface area contributed by atoms with E-state index in [0.717, 1.165) is 43.5 Å². The molecule has 4 N–H and O–H groups in total. The van der Waals surface area contributed by atoms with E-state index in [9.17, 15) is 19.2 Å². The number of carbonyl (C=O) groups excluding carboxylic acids is 4. The number of hydrogen-bond donors (Lipinski definition) is 3. The molecular formula is C22H30N6O4. The van der Waals surface area contributed by atoms with Gasteiger partial charge in [0.05, 0.1) is 17.8 Å². The molecule has 32 heavy (non-hydrogen) atoms. The van der Waals surface area contributed by atoms with Crippen molar-refractivity contribution in [2.24, 2.45) is 17.6 Å². The standard InChI is InChI=1S/C22H30N6O4/c1-14-5-2-3-9-22(14)20(31)28(21(32)26-22)13-18(29)25-16-7-8-17(24-11-16)27-10-4-6-15(12-27)19(23)30/h7-8,11,14-15H,2-6,9-10,12-13H2,1H3,(H2,23,30)(H,25,29)(H,26,32). The largest absolute Gasteiger partial charge is 0.369 e. The van der Waals surface area contributed by atoms with Gasteiger partial charge in [-0.3, -0.25) is 19.3 Å². The minimum atomic E-state index is -0.879. The molecule has 172 valence electrons. The lowest BCUT2D eigenvalue weighted by molar-refractivity contribution is -0.136. The number of nitrogens with one attached hydrogen (secondary N) is 2. The van der Waals surface area contributed by atoms with Crippen LogP contribution in [0, 0.1) is 11.8 Å². The maximum absolute atomic E-state index is 13.0. The van der Waals surface area contributed by atoms with E-state index in [4.69, 9.17) is 5.73 Å². The fourth-order valence-corrected chi connectivity index (χ4v) is 5.05. The Morgan fingerprint density at radius 2 is 2.06 bits per heavy atom. The summed E-state index contributed by atoms with van der Waals surface area (Å²) in [5.74, 6) is -0.520. The monoisotopic (exact) mass is 442 g/mol. The van der Waals surface area contributed by atoms with Gasteiger partial charge in [-0.15, -0.1) is 0 Å². The van der Waals surface area contributed by atoms with Crippen molar-refractivity contribution in [3.05, 3.63) is 18.3 Å². The van der Waals surface area contributed by atoms with Crippen LogP contribution in [0.5, 0.6) is 0 Å². The molecule has 1 saturated carbocycles. The maximum atomic E-state index is 13.0. The van der Waals surface area contributed by atoms with Gasteiger partial charge < -0.3 is 21.3 Å². The minimum absolute atomic E-state index is 0.0430. The molecule has 1 aromatic rings. The lowest BCUT2D eigenvalue weighted by atomic mass is 9.73. The molecular weight excluding hydrogens is 412 g/mol. The highest BCUT2D eigenvalue weighted by molar-refractivity contribution is 6.10. The zero-order valence-electron chi connectivity index (χ0n) is 18.3. The summed E-state index contributed by atoms with van der Waals surface area (Å²) in [5, 5.41) is 5.55. The summed E-state index contributed by atoms with van der Waals surface area (Å²) in [4.78, 5) is 56.9. The fourth-order valence-electron chi connectivity index (χ4n) is 5.05. The van der Waals surface area contributed by atoms with Crippen LogP contribution in [0.15, 0.2) is 18.3 Å². The average molecular weight is 443 g/mol. The van der Waals surface area contributed by atoms with Gasteiger partial charge in [0, 0.05) is 13.1 Å². The van der Waals surface area contributed by atoms with Gasteiger partial charge in [-0.05, 0) is 43.7 Å². The second kappa shape index (κ2) is 8.76. The van der Waals surface area contributed by atoms with Crippen LogP contribution in [0.4, 0.5) is 16.3 Å². The Bertz CT molecular complexity index is 920. The quantitative estimate of drug-likeness (QED) is 0.586. The topological polar surface area (TPSA) is 138 Å². The van der Waals surface area contributed by atoms with Gasteiger partial charge in [-0.25, -0.2) is 9.78 Å². The van der Waals surface area contributed by atoms with E-state index >= 15 is 0 Å². The number of nitrogens with two attached hydrogens (primary N) is 1. The van der Waals surface area contributed by atoms with Crippen LogP contribution in [0.2, 0.25) is 0 Å². The van der Waals surface area contributed by atoms with E-state index in [0.29, 0.717) is 24.5 Å². The molecule has 1 spiro atoms. The molecule has 3 atom stereocenters. The highest BCUT2D eigenvalue weighted by atomic mass is 16.2. The minimum Gasteiger partial charge on any atom is -0.369 e. The highest BCUT2D eigenvalue weighted by Gasteiger charge is 2.55. The highest BCUT2D eigenvalue weighted by Crippen LogP contribution is 2.38. The van der Waals surface area contributed by atoms with Crippen LogP contribution >= 0.6 is 0 Å². The van der Waals surface area contributed by atoms with Crippen LogP contribution < -0.4 is 21.3 Å². The zero-order chi connectivity index (χ0) is 22.9. The molecule has 3 fully saturated rings. The number of pyridine rings is 1. The Balaban J connectivity index is 1.36. The Kier molecular flexibility index (Phi) is 6.03. The van der Waals surface area contributed by atoms with Gasteiger partial charge in [-0.1, -0.05) is 19.8 Å². The summed E-state index contributed by atoms with van der Waals surface area (Å²) < 4.78 is 0. The van der Waals surface area contributed by atoms with Crippen LogP contribution in [0.1, 0.15) is 45.4 Å². The van der Waals surface area contributed by atoms with Crippen molar-refractivity contribution < 1.29 is 19.2 Å². The summed E-state index contributed by atoms with van der Waals surface area (Å²) in [5.41, 5.74) is 5.03. The van der Waals surface area contributed by atoms with Gasteiger partial charge in [0.2, 0.25) is 11.8 Å². The van der Waals surface area contributed by atoms with Gasteiger partial charge >= 0.3 is 6.03 Å². The summed E-state index contributed by atoms with van der Waals surface area (Å²) in [7, 11) is 0. The first-order valence-electron chi connectivity index (χ1n) is 11.2. The Hall–Kier alpha value is -3.17. The Morgan fingerprint density at radius 1 is 1.25 bits per heavy atom. The average Bonchev–Trinajstić information content (AvgIpc) is 3.01. The lowest BCUT2D eigenvalue weighted by Crippen LogP contribution is -2.54. The van der Waals surface area contributed by atoms with Crippen LogP contribution in [0.25, 0.3) is 0 Å². The van der Waals surface area contributed by atoms with E-state index in [-0.39, 0.29) is 30.2 Å². The molecule has 3 aliphatic rings. The Morgan fingerprint density at radius 3 is 2.75 bits per heavy atom. The molecule has 10 nitrogen and oxygen atoms in total. The molecule has 4 rings (SSSR count). The molecule has 1 aliphatic carbocycles. The second-order valence-electron chi connectivity index (χ2n) is 9.08. The van der Waals surface area contributed by atoms with Gasteiger partial charge in [0.25, 0.3) is 5.91 Å². The van der Waals surface area contributed by atoms with Crippen molar-refractivity contribution in [2.75, 3.05) is 29.9 Å². The van der Waals surface area contributed by atoms with Crippen molar-refractivity contribution in [1.82, 2.24) is 15.2 Å². The molecule has 0 bridgehead atoms. The number of imide groups is 1. The normalized spacial score (nSPS) is 28.0.